The molecule has 8 nitrogen and oxygen atoms in total. The summed E-state index contributed by atoms with van der Waals surface area (Å²) in [7, 11) is 0. The van der Waals surface area contributed by atoms with E-state index in [-0.39, 0.29) is 18.7 Å². The average Bonchev–Trinajstić information content (AvgIpc) is 3.48. The monoisotopic (exact) mass is 377 g/mol. The van der Waals surface area contributed by atoms with E-state index in [9.17, 15) is 4.79 Å². The zero-order valence-electron chi connectivity index (χ0n) is 15.1. The van der Waals surface area contributed by atoms with Gasteiger partial charge in [0, 0.05) is 30.9 Å². The predicted octanol–water partition coefficient (Wildman–Crippen LogP) is 2.21. The molecule has 1 amide bonds. The molecule has 142 valence electrons. The Bertz CT molecular complexity index is 1000. The van der Waals surface area contributed by atoms with Crippen LogP contribution >= 0.6 is 0 Å². The van der Waals surface area contributed by atoms with Crippen LogP contribution < -0.4 is 19.7 Å². The number of carbonyl (C=O) groups excluding carboxylic acids is 1. The number of ether oxygens (including phenoxy) is 2. The van der Waals surface area contributed by atoms with Crippen molar-refractivity contribution in [3.63, 3.8) is 0 Å². The minimum absolute atomic E-state index is 0.0757. The molecule has 28 heavy (non-hydrogen) atoms. The summed E-state index contributed by atoms with van der Waals surface area (Å²) in [5, 5.41) is 10.2. The standard InChI is InChI=1S/C20H19N5O3/c26-20(22-14-6-8-25(11-14)19-3-1-2-7-21-19)16-10-15(23-24-16)13-4-5-17-18(9-13)28-12-27-17/h1-5,7,9-10,14H,6,8,11-12H2,(H,22,26)(H,23,24). The highest BCUT2D eigenvalue weighted by atomic mass is 16.7. The fourth-order valence-electron chi connectivity index (χ4n) is 3.53. The van der Waals surface area contributed by atoms with Gasteiger partial charge in [0.15, 0.2) is 11.5 Å². The lowest BCUT2D eigenvalue weighted by molar-refractivity contribution is 0.0935. The molecule has 0 aliphatic carbocycles. The molecule has 2 aromatic heterocycles. The first-order chi connectivity index (χ1) is 13.8. The van der Waals surface area contributed by atoms with Crippen LogP contribution in [0.5, 0.6) is 11.5 Å². The smallest absolute Gasteiger partial charge is 0.269 e. The summed E-state index contributed by atoms with van der Waals surface area (Å²) < 4.78 is 10.7. The van der Waals surface area contributed by atoms with E-state index in [0.29, 0.717) is 17.1 Å². The Kier molecular flexibility index (Phi) is 4.08. The third kappa shape index (κ3) is 3.13. The number of benzene rings is 1. The Labute approximate surface area is 161 Å². The summed E-state index contributed by atoms with van der Waals surface area (Å²) in [6, 6.07) is 13.3. The molecular weight excluding hydrogens is 358 g/mol. The van der Waals surface area contributed by atoms with Crippen molar-refractivity contribution in [1.82, 2.24) is 20.5 Å². The van der Waals surface area contributed by atoms with Gasteiger partial charge in [0.05, 0.1) is 5.69 Å². The zero-order chi connectivity index (χ0) is 18.9. The number of aromatic nitrogens is 3. The summed E-state index contributed by atoms with van der Waals surface area (Å²) in [4.78, 5) is 19.2. The topological polar surface area (TPSA) is 92.4 Å². The molecule has 2 aliphatic heterocycles. The number of fused-ring (bicyclic) bond motifs is 1. The van der Waals surface area contributed by atoms with E-state index in [1.54, 1.807) is 12.3 Å². The van der Waals surface area contributed by atoms with Crippen molar-refractivity contribution in [3.05, 3.63) is 54.4 Å². The summed E-state index contributed by atoms with van der Waals surface area (Å²) in [5.74, 6) is 2.18. The Morgan fingerprint density at radius 3 is 3.00 bits per heavy atom. The minimum Gasteiger partial charge on any atom is -0.454 e. The van der Waals surface area contributed by atoms with Gasteiger partial charge in [0.2, 0.25) is 6.79 Å². The van der Waals surface area contributed by atoms with Gasteiger partial charge in [0.1, 0.15) is 11.5 Å². The number of carbonyl (C=O) groups is 1. The Morgan fingerprint density at radius 2 is 2.11 bits per heavy atom. The van der Waals surface area contributed by atoms with E-state index in [0.717, 1.165) is 36.6 Å². The third-order valence-corrected chi connectivity index (χ3v) is 4.99. The van der Waals surface area contributed by atoms with Crippen LogP contribution in [0, 0.1) is 0 Å². The van der Waals surface area contributed by atoms with Crippen LogP contribution in [0.3, 0.4) is 0 Å². The molecule has 0 saturated carbocycles. The molecule has 1 fully saturated rings. The highest BCUT2D eigenvalue weighted by Gasteiger charge is 2.25. The second-order valence-electron chi connectivity index (χ2n) is 6.83. The lowest BCUT2D eigenvalue weighted by Crippen LogP contribution is -2.37. The van der Waals surface area contributed by atoms with Crippen molar-refractivity contribution in [2.45, 2.75) is 12.5 Å². The molecule has 1 unspecified atom stereocenters. The van der Waals surface area contributed by atoms with Crippen molar-refractivity contribution >= 4 is 11.7 Å². The number of aromatic amines is 1. The van der Waals surface area contributed by atoms with E-state index < -0.39 is 0 Å². The number of anilines is 1. The van der Waals surface area contributed by atoms with Crippen LogP contribution in [0.1, 0.15) is 16.9 Å². The van der Waals surface area contributed by atoms with E-state index in [1.807, 2.05) is 36.4 Å². The molecule has 1 atom stereocenters. The predicted molar refractivity (Wildman–Crippen MR) is 102 cm³/mol. The molecule has 2 N–H and O–H groups in total. The number of H-pyrrole nitrogens is 1. The molecule has 5 rings (SSSR count). The first-order valence-corrected chi connectivity index (χ1v) is 9.18. The van der Waals surface area contributed by atoms with Gasteiger partial charge in [0.25, 0.3) is 5.91 Å². The highest BCUT2D eigenvalue weighted by molar-refractivity contribution is 5.93. The fraction of sp³-hybridized carbons (Fsp3) is 0.250. The van der Waals surface area contributed by atoms with E-state index in [4.69, 9.17) is 9.47 Å². The molecule has 8 heteroatoms. The number of hydrogen-bond donors (Lipinski definition) is 2. The Balaban J connectivity index is 1.24. The van der Waals surface area contributed by atoms with Crippen molar-refractivity contribution in [2.24, 2.45) is 0 Å². The SMILES string of the molecule is O=C(NC1CCN(c2ccccn2)C1)c1cc(-c2ccc3c(c2)OCO3)n[nH]1. The third-order valence-electron chi connectivity index (χ3n) is 4.99. The lowest BCUT2D eigenvalue weighted by atomic mass is 10.1. The van der Waals surface area contributed by atoms with Gasteiger partial charge >= 0.3 is 0 Å². The highest BCUT2D eigenvalue weighted by Crippen LogP contribution is 2.35. The van der Waals surface area contributed by atoms with E-state index in [2.05, 4.69) is 25.4 Å². The van der Waals surface area contributed by atoms with Gasteiger partial charge in [-0.3, -0.25) is 9.89 Å². The Morgan fingerprint density at radius 1 is 1.18 bits per heavy atom. The average molecular weight is 377 g/mol. The molecule has 3 aromatic rings. The molecule has 0 bridgehead atoms. The van der Waals surface area contributed by atoms with Crippen LogP contribution in [-0.2, 0) is 0 Å². The van der Waals surface area contributed by atoms with Gasteiger partial charge < -0.3 is 19.7 Å². The number of amides is 1. The number of nitrogens with zero attached hydrogens (tertiary/aromatic N) is 3. The number of pyridine rings is 1. The van der Waals surface area contributed by atoms with Gasteiger partial charge in [-0.2, -0.15) is 5.10 Å². The summed E-state index contributed by atoms with van der Waals surface area (Å²) >= 11 is 0. The molecule has 1 saturated heterocycles. The fourth-order valence-corrected chi connectivity index (χ4v) is 3.53. The molecule has 2 aliphatic rings. The second-order valence-corrected chi connectivity index (χ2v) is 6.83. The first kappa shape index (κ1) is 16.6. The van der Waals surface area contributed by atoms with Gasteiger partial charge in [-0.1, -0.05) is 6.07 Å². The van der Waals surface area contributed by atoms with Crippen molar-refractivity contribution in [2.75, 3.05) is 24.8 Å². The van der Waals surface area contributed by atoms with E-state index in [1.165, 1.54) is 0 Å². The van der Waals surface area contributed by atoms with E-state index >= 15 is 0 Å². The van der Waals surface area contributed by atoms with Crippen molar-refractivity contribution in [1.29, 1.82) is 0 Å². The number of hydrogen-bond acceptors (Lipinski definition) is 6. The van der Waals surface area contributed by atoms with Gasteiger partial charge in [-0.05, 0) is 42.8 Å². The number of nitrogens with one attached hydrogen (secondary N) is 2. The van der Waals surface area contributed by atoms with Crippen LogP contribution in [0.4, 0.5) is 5.82 Å². The summed E-state index contributed by atoms with van der Waals surface area (Å²) in [6.45, 7) is 1.84. The van der Waals surface area contributed by atoms with Crippen molar-refractivity contribution < 1.29 is 14.3 Å². The maximum atomic E-state index is 12.6. The lowest BCUT2D eigenvalue weighted by Gasteiger charge is -2.17. The molecule has 0 spiro atoms. The molecule has 1 aromatic carbocycles. The van der Waals surface area contributed by atoms with Crippen LogP contribution in [0.25, 0.3) is 11.3 Å². The number of rotatable bonds is 4. The van der Waals surface area contributed by atoms with Crippen LogP contribution in [0.2, 0.25) is 0 Å². The van der Waals surface area contributed by atoms with Gasteiger partial charge in [-0.15, -0.1) is 0 Å². The molecule has 4 heterocycles. The summed E-state index contributed by atoms with van der Waals surface area (Å²) in [6.07, 6.45) is 2.66. The Hall–Kier alpha value is -3.55. The maximum absolute atomic E-state index is 12.6. The molecular formula is C20H19N5O3. The minimum atomic E-state index is -0.160. The zero-order valence-corrected chi connectivity index (χ0v) is 15.1. The normalized spacial score (nSPS) is 17.7. The first-order valence-electron chi connectivity index (χ1n) is 9.18. The summed E-state index contributed by atoms with van der Waals surface area (Å²) in [5.41, 5.74) is 1.98. The van der Waals surface area contributed by atoms with Crippen LogP contribution in [0.15, 0.2) is 48.7 Å². The van der Waals surface area contributed by atoms with Crippen molar-refractivity contribution in [3.8, 4) is 22.8 Å². The van der Waals surface area contributed by atoms with Gasteiger partial charge in [-0.25, -0.2) is 4.98 Å². The molecule has 0 radical (unpaired) electrons. The van der Waals surface area contributed by atoms with Crippen LogP contribution in [-0.4, -0.2) is 47.0 Å². The second kappa shape index (κ2) is 6.88. The largest absolute Gasteiger partial charge is 0.454 e. The maximum Gasteiger partial charge on any atom is 0.269 e. The quantitative estimate of drug-likeness (QED) is 0.724.